The highest BCUT2D eigenvalue weighted by Gasteiger charge is 1.96. The van der Waals surface area contributed by atoms with Gasteiger partial charge in [0.25, 0.3) is 0 Å². The largest absolute Gasteiger partial charge is 0.151 e. The maximum atomic E-state index is 4.30. The van der Waals surface area contributed by atoms with Crippen LogP contribution in [0.5, 0.6) is 0 Å². The molecule has 0 aliphatic heterocycles. The zero-order chi connectivity index (χ0) is 18.3. The minimum Gasteiger partial charge on any atom is -0.151 e. The predicted octanol–water partition coefficient (Wildman–Crippen LogP) is 8.57. The Morgan fingerprint density at radius 1 is 0.538 bits per heavy atom. The first-order valence-electron chi connectivity index (χ1n) is 10.4. The fourth-order valence-corrected chi connectivity index (χ4v) is 3.16. The van der Waals surface area contributed by atoms with Gasteiger partial charge in [0, 0.05) is 0 Å². The monoisotopic (exact) mass is 350 g/mol. The Kier molecular flexibility index (Phi) is 10.4. The van der Waals surface area contributed by atoms with Gasteiger partial charge in [0.15, 0.2) is 0 Å². The fraction of sp³-hybridized carbons (Fsp3) is 0.500. The molecule has 0 spiro atoms. The summed E-state index contributed by atoms with van der Waals surface area (Å²) in [5.74, 6) is 0. The van der Waals surface area contributed by atoms with Gasteiger partial charge in [-0.3, -0.25) is 0 Å². The third-order valence-corrected chi connectivity index (χ3v) is 4.79. The molecule has 26 heavy (non-hydrogen) atoms. The molecule has 0 bridgehead atoms. The van der Waals surface area contributed by atoms with E-state index in [9.17, 15) is 0 Å². The van der Waals surface area contributed by atoms with E-state index >= 15 is 0 Å². The van der Waals surface area contributed by atoms with E-state index < -0.39 is 0 Å². The van der Waals surface area contributed by atoms with E-state index in [0.717, 1.165) is 11.4 Å². The number of unbranched alkanes of at least 4 members (excludes halogenated alkanes) is 9. The Labute approximate surface area is 159 Å². The summed E-state index contributed by atoms with van der Waals surface area (Å²) in [5, 5.41) is 8.56. The molecule has 0 aliphatic rings. The Hall–Kier alpha value is -1.96. The van der Waals surface area contributed by atoms with Crippen LogP contribution in [-0.2, 0) is 6.42 Å². The molecule has 2 heteroatoms. The Morgan fingerprint density at radius 3 is 1.62 bits per heavy atom. The molecule has 0 amide bonds. The molecule has 0 saturated heterocycles. The van der Waals surface area contributed by atoms with Gasteiger partial charge in [-0.2, -0.15) is 10.2 Å². The highest BCUT2D eigenvalue weighted by Crippen LogP contribution is 2.19. The molecule has 2 rings (SSSR count). The van der Waals surface area contributed by atoms with Gasteiger partial charge in [-0.15, -0.1) is 0 Å². The summed E-state index contributed by atoms with van der Waals surface area (Å²) in [5.41, 5.74) is 3.21. The lowest BCUT2D eigenvalue weighted by Crippen LogP contribution is -1.86. The van der Waals surface area contributed by atoms with Gasteiger partial charge < -0.3 is 0 Å². The average molecular weight is 351 g/mol. The van der Waals surface area contributed by atoms with E-state index in [-0.39, 0.29) is 0 Å². The molecular formula is C24H34N2. The van der Waals surface area contributed by atoms with E-state index in [4.69, 9.17) is 0 Å². The number of azo groups is 1. The number of nitrogens with zero attached hydrogens (tertiary/aromatic N) is 2. The van der Waals surface area contributed by atoms with Gasteiger partial charge >= 0.3 is 0 Å². The summed E-state index contributed by atoms with van der Waals surface area (Å²) < 4.78 is 0. The molecule has 2 nitrogen and oxygen atoms in total. The third-order valence-electron chi connectivity index (χ3n) is 4.79. The Bertz CT molecular complexity index is 602. The van der Waals surface area contributed by atoms with Crippen LogP contribution >= 0.6 is 0 Å². The van der Waals surface area contributed by atoms with Crippen LogP contribution in [0.3, 0.4) is 0 Å². The van der Waals surface area contributed by atoms with Gasteiger partial charge in [-0.1, -0.05) is 95.0 Å². The number of hydrogen-bond acceptors (Lipinski definition) is 2. The predicted molar refractivity (Wildman–Crippen MR) is 113 cm³/mol. The SMILES string of the molecule is CCCCCCCCCCCCc1ccc(N=Nc2ccccc2)cc1. The molecule has 0 atom stereocenters. The molecule has 2 aromatic rings. The second-order valence-electron chi connectivity index (χ2n) is 7.13. The maximum absolute atomic E-state index is 4.30. The van der Waals surface area contributed by atoms with E-state index in [1.165, 1.54) is 76.2 Å². The van der Waals surface area contributed by atoms with Gasteiger partial charge in [-0.05, 0) is 42.7 Å². The van der Waals surface area contributed by atoms with E-state index in [0.29, 0.717) is 0 Å². The Morgan fingerprint density at radius 2 is 1.04 bits per heavy atom. The first kappa shape index (κ1) is 20.4. The van der Waals surface area contributed by atoms with Crippen molar-refractivity contribution < 1.29 is 0 Å². The van der Waals surface area contributed by atoms with Crippen LogP contribution in [0, 0.1) is 0 Å². The average Bonchev–Trinajstić information content (AvgIpc) is 2.69. The summed E-state index contributed by atoms with van der Waals surface area (Å²) in [4.78, 5) is 0. The van der Waals surface area contributed by atoms with Crippen LogP contribution in [-0.4, -0.2) is 0 Å². The topological polar surface area (TPSA) is 24.7 Å². The fourth-order valence-electron chi connectivity index (χ4n) is 3.16. The molecule has 0 saturated carbocycles. The molecule has 0 radical (unpaired) electrons. The van der Waals surface area contributed by atoms with Crippen LogP contribution in [0.1, 0.15) is 76.7 Å². The summed E-state index contributed by atoms with van der Waals surface area (Å²) in [6, 6.07) is 18.4. The van der Waals surface area contributed by atoms with E-state index in [1.807, 2.05) is 30.3 Å². The van der Waals surface area contributed by atoms with Crippen molar-refractivity contribution in [3.8, 4) is 0 Å². The summed E-state index contributed by atoms with van der Waals surface area (Å²) in [6.07, 6.45) is 15.1. The maximum Gasteiger partial charge on any atom is 0.0857 e. The number of aryl methyl sites for hydroxylation is 1. The normalized spacial score (nSPS) is 11.3. The number of rotatable bonds is 13. The summed E-state index contributed by atoms with van der Waals surface area (Å²) in [6.45, 7) is 2.28. The lowest BCUT2D eigenvalue weighted by molar-refractivity contribution is 0.556. The molecule has 0 N–H and O–H groups in total. The molecule has 2 aromatic carbocycles. The highest BCUT2D eigenvalue weighted by molar-refractivity contribution is 5.40. The lowest BCUT2D eigenvalue weighted by atomic mass is 10.0. The second-order valence-corrected chi connectivity index (χ2v) is 7.13. The van der Waals surface area contributed by atoms with Crippen LogP contribution in [0.4, 0.5) is 11.4 Å². The number of benzene rings is 2. The van der Waals surface area contributed by atoms with E-state index in [2.05, 4.69) is 41.4 Å². The molecular weight excluding hydrogens is 316 g/mol. The second kappa shape index (κ2) is 13.3. The third kappa shape index (κ3) is 8.94. The van der Waals surface area contributed by atoms with Gasteiger partial charge in [0.05, 0.1) is 11.4 Å². The summed E-state index contributed by atoms with van der Waals surface area (Å²) in [7, 11) is 0. The number of hydrogen-bond donors (Lipinski definition) is 0. The lowest BCUT2D eigenvalue weighted by Gasteiger charge is -2.03. The van der Waals surface area contributed by atoms with Gasteiger partial charge in [-0.25, -0.2) is 0 Å². The van der Waals surface area contributed by atoms with Gasteiger partial charge in [0.1, 0.15) is 0 Å². The van der Waals surface area contributed by atoms with E-state index in [1.54, 1.807) is 0 Å². The van der Waals surface area contributed by atoms with Crippen molar-refractivity contribution in [1.29, 1.82) is 0 Å². The minimum atomic E-state index is 0.891. The van der Waals surface area contributed by atoms with Gasteiger partial charge in [0.2, 0.25) is 0 Å². The molecule has 0 heterocycles. The van der Waals surface area contributed by atoms with Crippen molar-refractivity contribution in [2.45, 2.75) is 77.6 Å². The minimum absolute atomic E-state index is 0.891. The zero-order valence-electron chi connectivity index (χ0n) is 16.4. The Balaban J connectivity index is 1.56. The smallest absolute Gasteiger partial charge is 0.0857 e. The van der Waals surface area contributed by atoms with Crippen LogP contribution in [0.25, 0.3) is 0 Å². The van der Waals surface area contributed by atoms with Crippen LogP contribution in [0.15, 0.2) is 64.8 Å². The van der Waals surface area contributed by atoms with Crippen LogP contribution in [0.2, 0.25) is 0 Å². The van der Waals surface area contributed by atoms with Crippen molar-refractivity contribution in [3.63, 3.8) is 0 Å². The summed E-state index contributed by atoms with van der Waals surface area (Å²) >= 11 is 0. The molecule has 140 valence electrons. The quantitative estimate of drug-likeness (QED) is 0.255. The molecule has 0 unspecified atom stereocenters. The van der Waals surface area contributed by atoms with Crippen molar-refractivity contribution in [2.75, 3.05) is 0 Å². The zero-order valence-corrected chi connectivity index (χ0v) is 16.4. The molecule has 0 fully saturated rings. The van der Waals surface area contributed by atoms with Crippen molar-refractivity contribution in [2.24, 2.45) is 10.2 Å². The van der Waals surface area contributed by atoms with Crippen molar-refractivity contribution in [1.82, 2.24) is 0 Å². The van der Waals surface area contributed by atoms with Crippen LogP contribution < -0.4 is 0 Å². The highest BCUT2D eigenvalue weighted by atomic mass is 15.1. The molecule has 0 aliphatic carbocycles. The standard InChI is InChI=1S/C24H34N2/c1-2-3-4-5-6-7-8-9-10-12-15-22-18-20-24(21-19-22)26-25-23-16-13-11-14-17-23/h11,13-14,16-21H,2-10,12,15H2,1H3. The van der Waals surface area contributed by atoms with Crippen molar-refractivity contribution >= 4 is 11.4 Å². The first-order valence-corrected chi connectivity index (χ1v) is 10.4. The molecule has 0 aromatic heterocycles. The van der Waals surface area contributed by atoms with Crippen molar-refractivity contribution in [3.05, 3.63) is 60.2 Å². The first-order chi connectivity index (χ1) is 12.9.